The number of para-hydroxylation sites is 1. The van der Waals surface area contributed by atoms with E-state index in [1.54, 1.807) is 19.9 Å². The van der Waals surface area contributed by atoms with Gasteiger partial charge in [-0.25, -0.2) is 0 Å². The second-order valence-electron chi connectivity index (χ2n) is 5.31. The first-order valence-corrected chi connectivity index (χ1v) is 7.07. The molecule has 0 saturated heterocycles. The van der Waals surface area contributed by atoms with Gasteiger partial charge in [0.25, 0.3) is 0 Å². The Morgan fingerprint density at radius 3 is 2.42 bits per heavy atom. The van der Waals surface area contributed by atoms with Gasteiger partial charge in [0.15, 0.2) is 0 Å². The fourth-order valence-electron chi connectivity index (χ4n) is 1.54. The minimum absolute atomic E-state index is 0.223. The van der Waals surface area contributed by atoms with Gasteiger partial charge >= 0.3 is 0 Å². The molecule has 19 heavy (non-hydrogen) atoms. The van der Waals surface area contributed by atoms with Crippen LogP contribution >= 0.6 is 15.9 Å². The Morgan fingerprint density at radius 2 is 1.84 bits per heavy atom. The molecule has 0 aliphatic heterocycles. The number of rotatable bonds is 4. The normalized spacial score (nSPS) is 14.9. The zero-order valence-corrected chi connectivity index (χ0v) is 12.6. The maximum atomic E-state index is 12.2. The maximum Gasteiger partial charge on any atom is 0.239 e. The molecule has 2 N–H and O–H groups in total. The van der Waals surface area contributed by atoms with Crippen molar-refractivity contribution in [1.82, 2.24) is 5.32 Å². The van der Waals surface area contributed by atoms with Crippen LogP contribution in [0.5, 0.6) is 0 Å². The third kappa shape index (κ3) is 3.35. The highest BCUT2D eigenvalue weighted by atomic mass is 79.9. The summed E-state index contributed by atoms with van der Waals surface area (Å²) in [7, 11) is 0. The van der Waals surface area contributed by atoms with E-state index in [4.69, 9.17) is 0 Å². The molecule has 0 spiro atoms. The summed E-state index contributed by atoms with van der Waals surface area (Å²) in [6.07, 6.45) is 2.02. The van der Waals surface area contributed by atoms with E-state index in [1.165, 1.54) is 0 Å². The fraction of sp³-hybridized carbons (Fsp3) is 0.429. The van der Waals surface area contributed by atoms with E-state index < -0.39 is 5.41 Å². The average molecular weight is 325 g/mol. The van der Waals surface area contributed by atoms with Crippen LogP contribution in [0, 0.1) is 5.41 Å². The van der Waals surface area contributed by atoms with E-state index in [-0.39, 0.29) is 17.9 Å². The monoisotopic (exact) mass is 324 g/mol. The number of halogens is 1. The van der Waals surface area contributed by atoms with E-state index >= 15 is 0 Å². The number of carbonyl (C=O) groups excluding carboxylic acids is 2. The van der Waals surface area contributed by atoms with Crippen LogP contribution in [-0.2, 0) is 9.59 Å². The Balaban J connectivity index is 2.05. The molecule has 1 aliphatic rings. The molecule has 0 unspecified atom stereocenters. The molecule has 2 rings (SSSR count). The lowest BCUT2D eigenvalue weighted by molar-refractivity contribution is -0.138. The molecule has 5 heteroatoms. The molecular weight excluding hydrogens is 308 g/mol. The van der Waals surface area contributed by atoms with Gasteiger partial charge in [0.05, 0.1) is 5.69 Å². The van der Waals surface area contributed by atoms with E-state index in [0.717, 1.165) is 17.3 Å². The minimum Gasteiger partial charge on any atom is -0.352 e. The van der Waals surface area contributed by atoms with Crippen LogP contribution in [-0.4, -0.2) is 17.9 Å². The summed E-state index contributed by atoms with van der Waals surface area (Å²) in [4.78, 5) is 24.3. The van der Waals surface area contributed by atoms with Gasteiger partial charge in [-0.1, -0.05) is 12.1 Å². The highest BCUT2D eigenvalue weighted by Gasteiger charge is 2.38. The van der Waals surface area contributed by atoms with Crippen LogP contribution in [0.4, 0.5) is 5.69 Å². The molecular formula is C14H17BrN2O2. The van der Waals surface area contributed by atoms with Crippen molar-refractivity contribution in [2.24, 2.45) is 5.41 Å². The number of hydrogen-bond donors (Lipinski definition) is 2. The number of benzene rings is 1. The van der Waals surface area contributed by atoms with Crippen molar-refractivity contribution < 1.29 is 9.59 Å². The second-order valence-corrected chi connectivity index (χ2v) is 6.16. The van der Waals surface area contributed by atoms with Crippen LogP contribution < -0.4 is 10.6 Å². The smallest absolute Gasteiger partial charge is 0.239 e. The number of carbonyl (C=O) groups is 2. The van der Waals surface area contributed by atoms with Gasteiger partial charge < -0.3 is 10.6 Å². The van der Waals surface area contributed by atoms with Crippen LogP contribution in [0.2, 0.25) is 0 Å². The van der Waals surface area contributed by atoms with Crippen molar-refractivity contribution in [3.63, 3.8) is 0 Å². The molecule has 2 amide bonds. The quantitative estimate of drug-likeness (QED) is 0.836. The lowest BCUT2D eigenvalue weighted by Crippen LogP contribution is -2.45. The Hall–Kier alpha value is -1.36. The van der Waals surface area contributed by atoms with Crippen LogP contribution in [0.1, 0.15) is 26.7 Å². The first-order valence-electron chi connectivity index (χ1n) is 6.28. The SMILES string of the molecule is CC(C)(C(=O)Nc1ccccc1Br)C(=O)NC1CC1. The van der Waals surface area contributed by atoms with Crippen molar-refractivity contribution >= 4 is 33.4 Å². The first kappa shape index (κ1) is 14.1. The lowest BCUT2D eigenvalue weighted by atomic mass is 9.91. The van der Waals surface area contributed by atoms with Gasteiger partial charge in [0, 0.05) is 10.5 Å². The molecule has 1 aromatic carbocycles. The summed E-state index contributed by atoms with van der Waals surface area (Å²) in [5.41, 5.74) is -0.419. The Labute approximate surface area is 121 Å². The minimum atomic E-state index is -1.09. The molecule has 4 nitrogen and oxygen atoms in total. The summed E-state index contributed by atoms with van der Waals surface area (Å²) in [5.74, 6) is -0.530. The molecule has 0 radical (unpaired) electrons. The van der Waals surface area contributed by atoms with E-state index in [1.807, 2.05) is 18.2 Å². The van der Waals surface area contributed by atoms with Gasteiger partial charge in [-0.05, 0) is 54.8 Å². The second kappa shape index (κ2) is 5.33. The van der Waals surface area contributed by atoms with Crippen molar-refractivity contribution in [2.45, 2.75) is 32.7 Å². The highest BCUT2D eigenvalue weighted by Crippen LogP contribution is 2.26. The molecule has 0 aromatic heterocycles. The number of nitrogens with one attached hydrogen (secondary N) is 2. The van der Waals surface area contributed by atoms with Gasteiger partial charge in [0.1, 0.15) is 5.41 Å². The molecule has 102 valence electrons. The van der Waals surface area contributed by atoms with Crippen molar-refractivity contribution in [3.05, 3.63) is 28.7 Å². The lowest BCUT2D eigenvalue weighted by Gasteiger charge is -2.23. The highest BCUT2D eigenvalue weighted by molar-refractivity contribution is 9.10. The molecule has 1 aromatic rings. The Morgan fingerprint density at radius 1 is 1.21 bits per heavy atom. The van der Waals surface area contributed by atoms with Crippen molar-refractivity contribution in [2.75, 3.05) is 5.32 Å². The molecule has 1 fully saturated rings. The first-order chi connectivity index (χ1) is 8.91. The standard InChI is InChI=1S/C14H17BrN2O2/c1-14(2,12(18)16-9-7-8-9)13(19)17-11-6-4-3-5-10(11)15/h3-6,9H,7-8H2,1-2H3,(H,16,18)(H,17,19). The molecule has 1 saturated carbocycles. The summed E-state index contributed by atoms with van der Waals surface area (Å²) in [5, 5.41) is 5.64. The Kier molecular flexibility index (Phi) is 3.94. The summed E-state index contributed by atoms with van der Waals surface area (Å²) in [6, 6.07) is 7.58. The molecule has 1 aliphatic carbocycles. The van der Waals surface area contributed by atoms with Gasteiger partial charge in [-0.3, -0.25) is 9.59 Å². The van der Waals surface area contributed by atoms with Crippen LogP contribution in [0.25, 0.3) is 0 Å². The number of hydrogen-bond acceptors (Lipinski definition) is 2. The van der Waals surface area contributed by atoms with Crippen molar-refractivity contribution in [3.8, 4) is 0 Å². The third-order valence-corrected chi connectivity index (χ3v) is 3.86. The number of anilines is 1. The Bertz CT molecular complexity index is 510. The largest absolute Gasteiger partial charge is 0.352 e. The number of amides is 2. The summed E-state index contributed by atoms with van der Waals surface area (Å²) < 4.78 is 0.793. The van der Waals surface area contributed by atoms with E-state index in [9.17, 15) is 9.59 Å². The molecule has 0 atom stereocenters. The maximum absolute atomic E-state index is 12.2. The van der Waals surface area contributed by atoms with Crippen LogP contribution in [0.3, 0.4) is 0 Å². The topological polar surface area (TPSA) is 58.2 Å². The molecule has 0 heterocycles. The predicted molar refractivity (Wildman–Crippen MR) is 77.7 cm³/mol. The predicted octanol–water partition coefficient (Wildman–Crippen LogP) is 2.69. The summed E-state index contributed by atoms with van der Waals surface area (Å²) in [6.45, 7) is 3.27. The van der Waals surface area contributed by atoms with Gasteiger partial charge in [-0.15, -0.1) is 0 Å². The van der Waals surface area contributed by atoms with E-state index in [2.05, 4.69) is 26.6 Å². The van der Waals surface area contributed by atoms with Gasteiger partial charge in [0.2, 0.25) is 11.8 Å². The zero-order valence-electron chi connectivity index (χ0n) is 11.0. The van der Waals surface area contributed by atoms with Crippen LogP contribution in [0.15, 0.2) is 28.7 Å². The zero-order chi connectivity index (χ0) is 14.0. The van der Waals surface area contributed by atoms with Gasteiger partial charge in [-0.2, -0.15) is 0 Å². The average Bonchev–Trinajstić information content (AvgIpc) is 3.15. The third-order valence-electron chi connectivity index (χ3n) is 3.17. The molecule has 0 bridgehead atoms. The summed E-state index contributed by atoms with van der Waals surface area (Å²) >= 11 is 3.36. The fourth-order valence-corrected chi connectivity index (χ4v) is 1.92. The van der Waals surface area contributed by atoms with E-state index in [0.29, 0.717) is 5.69 Å². The van der Waals surface area contributed by atoms with Crippen molar-refractivity contribution in [1.29, 1.82) is 0 Å².